The molecular formula is C14H23Cl2N3O. The van der Waals surface area contributed by atoms with Gasteiger partial charge < -0.3 is 10.6 Å². The quantitative estimate of drug-likeness (QED) is 0.931. The lowest BCUT2D eigenvalue weighted by Gasteiger charge is -2.35. The second-order valence-corrected chi connectivity index (χ2v) is 5.24. The van der Waals surface area contributed by atoms with Gasteiger partial charge >= 0.3 is 0 Å². The Labute approximate surface area is 132 Å². The Bertz CT molecular complexity index is 408. The molecule has 0 aromatic carbocycles. The summed E-state index contributed by atoms with van der Waals surface area (Å²) in [4.78, 5) is 18.2. The molecule has 4 nitrogen and oxygen atoms in total. The largest absolute Gasteiger partial charge is 0.340 e. The van der Waals surface area contributed by atoms with Crippen LogP contribution in [0.5, 0.6) is 0 Å². The van der Waals surface area contributed by atoms with Gasteiger partial charge in [0.05, 0.1) is 5.54 Å². The van der Waals surface area contributed by atoms with Crippen LogP contribution in [0.25, 0.3) is 0 Å². The van der Waals surface area contributed by atoms with Gasteiger partial charge in [-0.15, -0.1) is 24.8 Å². The fourth-order valence-electron chi connectivity index (χ4n) is 2.61. The minimum Gasteiger partial charge on any atom is -0.340 e. The standard InChI is InChI=1S/C14H21N3O.2ClH/c1-17(11-12-6-5-9-16-10-12)13(18)14(15)7-3-2-4-8-14;;/h5-6,9-10H,2-4,7-8,11,15H2,1H3;2*1H. The summed E-state index contributed by atoms with van der Waals surface area (Å²) in [7, 11) is 1.82. The molecule has 1 aromatic heterocycles. The third kappa shape index (κ3) is 4.62. The van der Waals surface area contributed by atoms with Gasteiger partial charge in [0.2, 0.25) is 5.91 Å². The van der Waals surface area contributed by atoms with Crippen LogP contribution in [0.4, 0.5) is 0 Å². The SMILES string of the molecule is CN(Cc1cccnc1)C(=O)C1(N)CCCCC1.Cl.Cl. The molecule has 0 atom stereocenters. The molecule has 114 valence electrons. The number of amides is 1. The minimum atomic E-state index is -0.644. The average molecular weight is 320 g/mol. The van der Waals surface area contributed by atoms with Gasteiger partial charge in [0.25, 0.3) is 0 Å². The van der Waals surface area contributed by atoms with Crippen molar-refractivity contribution in [1.82, 2.24) is 9.88 Å². The first-order valence-corrected chi connectivity index (χ1v) is 6.55. The minimum absolute atomic E-state index is 0. The Morgan fingerprint density at radius 1 is 1.35 bits per heavy atom. The van der Waals surface area contributed by atoms with Crippen molar-refractivity contribution < 1.29 is 4.79 Å². The van der Waals surface area contributed by atoms with Crippen LogP contribution in [0.3, 0.4) is 0 Å². The first-order chi connectivity index (χ1) is 8.62. The van der Waals surface area contributed by atoms with Gasteiger partial charge in [-0.2, -0.15) is 0 Å². The number of pyridine rings is 1. The Hall–Kier alpha value is -0.840. The highest BCUT2D eigenvalue weighted by molar-refractivity contribution is 5.86. The summed E-state index contributed by atoms with van der Waals surface area (Å²) in [6.45, 7) is 0.575. The van der Waals surface area contributed by atoms with Crippen LogP contribution in [0.1, 0.15) is 37.7 Å². The lowest BCUT2D eigenvalue weighted by atomic mass is 9.81. The van der Waals surface area contributed by atoms with Crippen molar-refractivity contribution >= 4 is 30.7 Å². The molecule has 20 heavy (non-hydrogen) atoms. The normalized spacial score (nSPS) is 16.5. The van der Waals surface area contributed by atoms with Crippen molar-refractivity contribution in [3.05, 3.63) is 30.1 Å². The molecular weight excluding hydrogens is 297 g/mol. The third-order valence-electron chi connectivity index (χ3n) is 3.66. The summed E-state index contributed by atoms with van der Waals surface area (Å²) in [5, 5.41) is 0. The molecule has 6 heteroatoms. The zero-order valence-electron chi connectivity index (χ0n) is 11.7. The summed E-state index contributed by atoms with van der Waals surface area (Å²) >= 11 is 0. The Kier molecular flexibility index (Phi) is 8.09. The summed E-state index contributed by atoms with van der Waals surface area (Å²) < 4.78 is 0. The van der Waals surface area contributed by atoms with E-state index in [4.69, 9.17) is 5.73 Å². The number of nitrogens with two attached hydrogens (primary N) is 1. The van der Waals surface area contributed by atoms with Crippen LogP contribution >= 0.6 is 24.8 Å². The van der Waals surface area contributed by atoms with E-state index in [-0.39, 0.29) is 30.7 Å². The van der Waals surface area contributed by atoms with Gasteiger partial charge in [-0.25, -0.2) is 0 Å². The van der Waals surface area contributed by atoms with E-state index in [2.05, 4.69) is 4.98 Å². The second-order valence-electron chi connectivity index (χ2n) is 5.24. The van der Waals surface area contributed by atoms with Gasteiger partial charge in [-0.3, -0.25) is 9.78 Å². The van der Waals surface area contributed by atoms with E-state index in [9.17, 15) is 4.79 Å². The van der Waals surface area contributed by atoms with E-state index in [1.54, 1.807) is 17.3 Å². The molecule has 2 rings (SSSR count). The number of hydrogen-bond donors (Lipinski definition) is 1. The first kappa shape index (κ1) is 19.2. The van der Waals surface area contributed by atoms with Crippen molar-refractivity contribution in [1.29, 1.82) is 0 Å². The smallest absolute Gasteiger partial charge is 0.242 e. The number of carbonyl (C=O) groups excluding carboxylic acids is 1. The maximum atomic E-state index is 12.4. The van der Waals surface area contributed by atoms with Crippen LogP contribution < -0.4 is 5.73 Å². The van der Waals surface area contributed by atoms with E-state index < -0.39 is 5.54 Å². The number of rotatable bonds is 3. The van der Waals surface area contributed by atoms with Crippen LogP contribution in [-0.2, 0) is 11.3 Å². The molecule has 0 saturated heterocycles. The molecule has 0 aliphatic heterocycles. The summed E-state index contributed by atoms with van der Waals surface area (Å²) in [5.41, 5.74) is 6.64. The fraction of sp³-hybridized carbons (Fsp3) is 0.571. The number of likely N-dealkylation sites (N-methyl/N-ethyl adjacent to an activating group) is 1. The molecule has 1 heterocycles. The van der Waals surface area contributed by atoms with Crippen LogP contribution in [-0.4, -0.2) is 28.4 Å². The maximum absolute atomic E-state index is 12.4. The highest BCUT2D eigenvalue weighted by Gasteiger charge is 2.37. The molecule has 1 aliphatic carbocycles. The molecule has 1 saturated carbocycles. The van der Waals surface area contributed by atoms with Gasteiger partial charge in [0.1, 0.15) is 0 Å². The van der Waals surface area contributed by atoms with Crippen molar-refractivity contribution in [2.24, 2.45) is 5.73 Å². The molecule has 1 aromatic rings. The maximum Gasteiger partial charge on any atom is 0.242 e. The van der Waals surface area contributed by atoms with E-state index in [1.165, 1.54) is 6.42 Å². The van der Waals surface area contributed by atoms with E-state index in [1.807, 2.05) is 19.2 Å². The van der Waals surface area contributed by atoms with Gasteiger partial charge in [-0.1, -0.05) is 25.3 Å². The summed E-state index contributed by atoms with van der Waals surface area (Å²) in [6.07, 6.45) is 8.45. The van der Waals surface area contributed by atoms with Gasteiger partial charge in [-0.05, 0) is 24.5 Å². The summed E-state index contributed by atoms with van der Waals surface area (Å²) in [5.74, 6) is 0.0612. The fourth-order valence-corrected chi connectivity index (χ4v) is 2.61. The molecule has 0 bridgehead atoms. The van der Waals surface area contributed by atoms with Crippen LogP contribution in [0.2, 0.25) is 0 Å². The van der Waals surface area contributed by atoms with Gasteiger partial charge in [0.15, 0.2) is 0 Å². The van der Waals surface area contributed by atoms with Gasteiger partial charge in [0, 0.05) is 26.0 Å². The van der Waals surface area contributed by atoms with Crippen molar-refractivity contribution in [2.75, 3.05) is 7.05 Å². The number of halogens is 2. The van der Waals surface area contributed by atoms with E-state index in [0.717, 1.165) is 31.2 Å². The number of aromatic nitrogens is 1. The second kappa shape index (κ2) is 8.45. The average Bonchev–Trinajstić information content (AvgIpc) is 2.40. The molecule has 1 amide bonds. The van der Waals surface area contributed by atoms with Crippen molar-refractivity contribution in [3.63, 3.8) is 0 Å². The topological polar surface area (TPSA) is 59.2 Å². The Morgan fingerprint density at radius 3 is 2.55 bits per heavy atom. The third-order valence-corrected chi connectivity index (χ3v) is 3.66. The van der Waals surface area contributed by atoms with Crippen LogP contribution in [0.15, 0.2) is 24.5 Å². The lowest BCUT2D eigenvalue weighted by molar-refractivity contribution is -0.137. The molecule has 0 spiro atoms. The predicted molar refractivity (Wildman–Crippen MR) is 85.2 cm³/mol. The zero-order chi connectivity index (χ0) is 13.0. The van der Waals surface area contributed by atoms with E-state index in [0.29, 0.717) is 6.54 Å². The van der Waals surface area contributed by atoms with Crippen LogP contribution in [0, 0.1) is 0 Å². The Morgan fingerprint density at radius 2 is 2.00 bits per heavy atom. The Balaban J connectivity index is 0.00000180. The van der Waals surface area contributed by atoms with E-state index >= 15 is 0 Å². The van der Waals surface area contributed by atoms with Crippen molar-refractivity contribution in [2.45, 2.75) is 44.2 Å². The van der Waals surface area contributed by atoms with Crippen molar-refractivity contribution in [3.8, 4) is 0 Å². The lowest BCUT2D eigenvalue weighted by Crippen LogP contribution is -2.55. The number of hydrogen-bond acceptors (Lipinski definition) is 3. The summed E-state index contributed by atoms with van der Waals surface area (Å²) in [6, 6.07) is 3.85. The highest BCUT2D eigenvalue weighted by Crippen LogP contribution is 2.27. The predicted octanol–water partition coefficient (Wildman–Crippen LogP) is 2.55. The molecule has 0 unspecified atom stereocenters. The molecule has 1 aliphatic rings. The highest BCUT2D eigenvalue weighted by atomic mass is 35.5. The first-order valence-electron chi connectivity index (χ1n) is 6.55. The molecule has 2 N–H and O–H groups in total. The number of carbonyl (C=O) groups is 1. The monoisotopic (exact) mass is 319 g/mol. The molecule has 0 radical (unpaired) electrons. The zero-order valence-corrected chi connectivity index (χ0v) is 13.4. The number of nitrogens with zero attached hydrogens (tertiary/aromatic N) is 2. The molecule has 1 fully saturated rings.